The van der Waals surface area contributed by atoms with Gasteiger partial charge >= 0.3 is 12.3 Å². The summed E-state index contributed by atoms with van der Waals surface area (Å²) in [5.41, 5.74) is 1.22. The zero-order valence-corrected chi connectivity index (χ0v) is 23.9. The topological polar surface area (TPSA) is 110 Å². The highest BCUT2D eigenvalue weighted by Gasteiger charge is 2.37. The maximum atomic E-state index is 12.2. The Morgan fingerprint density at radius 3 is 2.43 bits per heavy atom. The van der Waals surface area contributed by atoms with Gasteiger partial charge in [-0.15, -0.1) is 0 Å². The number of carbonyl (C=O) groups is 2. The van der Waals surface area contributed by atoms with Gasteiger partial charge in [0.05, 0.1) is 33.0 Å². The van der Waals surface area contributed by atoms with Crippen LogP contribution in [0.3, 0.4) is 0 Å². The van der Waals surface area contributed by atoms with E-state index >= 15 is 0 Å². The summed E-state index contributed by atoms with van der Waals surface area (Å²) in [4.78, 5) is 27.3. The zero-order chi connectivity index (χ0) is 30.5. The van der Waals surface area contributed by atoms with E-state index in [1.54, 1.807) is 36.4 Å². The van der Waals surface area contributed by atoms with Gasteiger partial charge in [0.15, 0.2) is 6.10 Å². The normalized spacial score (nSPS) is 18.1. The molecule has 4 rings (SSSR count). The van der Waals surface area contributed by atoms with Crippen molar-refractivity contribution in [2.24, 2.45) is 0 Å². The molecule has 14 heteroatoms. The fourth-order valence-electron chi connectivity index (χ4n) is 4.04. The van der Waals surface area contributed by atoms with Crippen molar-refractivity contribution in [3.8, 4) is 5.75 Å². The Hall–Kier alpha value is -3.10. The van der Waals surface area contributed by atoms with Crippen molar-refractivity contribution >= 4 is 29.3 Å². The van der Waals surface area contributed by atoms with Crippen LogP contribution >= 0.6 is 11.6 Å². The highest BCUT2D eigenvalue weighted by Crippen LogP contribution is 2.25. The molecule has 2 aliphatic heterocycles. The molecule has 10 nitrogen and oxygen atoms in total. The lowest BCUT2D eigenvalue weighted by atomic mass is 10.2. The van der Waals surface area contributed by atoms with E-state index in [1.807, 2.05) is 0 Å². The monoisotopic (exact) mass is 617 g/mol. The van der Waals surface area contributed by atoms with Crippen LogP contribution < -0.4 is 15.0 Å². The van der Waals surface area contributed by atoms with E-state index in [-0.39, 0.29) is 18.6 Å². The second kappa shape index (κ2) is 16.5. The lowest BCUT2D eigenvalue weighted by Gasteiger charge is -2.26. The third-order valence-corrected chi connectivity index (χ3v) is 6.59. The fourth-order valence-corrected chi connectivity index (χ4v) is 4.16. The largest absolute Gasteiger partial charge is 0.493 e. The number of aliphatic hydroxyl groups is 1. The van der Waals surface area contributed by atoms with Crippen molar-refractivity contribution < 1.29 is 46.8 Å². The smallest absolute Gasteiger partial charge is 0.414 e. The van der Waals surface area contributed by atoms with Crippen LogP contribution in [0.1, 0.15) is 16.8 Å². The first-order valence-corrected chi connectivity index (χ1v) is 13.7. The quantitative estimate of drug-likeness (QED) is 0.393. The Balaban J connectivity index is 0.000000240. The van der Waals surface area contributed by atoms with Gasteiger partial charge in [0.1, 0.15) is 11.9 Å². The van der Waals surface area contributed by atoms with E-state index in [0.29, 0.717) is 41.7 Å². The van der Waals surface area contributed by atoms with E-state index in [4.69, 9.17) is 35.7 Å². The Labute approximate surface area is 247 Å². The van der Waals surface area contributed by atoms with Gasteiger partial charge in [-0.25, -0.2) is 4.79 Å². The maximum absolute atomic E-state index is 12.2. The molecule has 0 spiro atoms. The number of aliphatic hydroxyl groups excluding tert-OH is 1. The van der Waals surface area contributed by atoms with Crippen LogP contribution in [-0.4, -0.2) is 107 Å². The molecular formula is C28H35ClF3N3O7. The van der Waals surface area contributed by atoms with Gasteiger partial charge in [-0.2, -0.15) is 13.2 Å². The number of anilines is 1. The summed E-state index contributed by atoms with van der Waals surface area (Å²) in [5.74, 6) is 0.286. The van der Waals surface area contributed by atoms with Crippen molar-refractivity contribution in [1.29, 1.82) is 0 Å². The second-order valence-electron chi connectivity index (χ2n) is 9.48. The number of rotatable bonds is 11. The summed E-state index contributed by atoms with van der Waals surface area (Å²) in [7, 11) is 1.51. The first kappa shape index (κ1) is 33.4. The number of carbonyl (C=O) groups excluding carboxylic acids is 2. The van der Waals surface area contributed by atoms with E-state index in [2.05, 4.69) is 10.2 Å². The number of halogens is 4. The molecule has 0 radical (unpaired) electrons. The summed E-state index contributed by atoms with van der Waals surface area (Å²) >= 11 is 5.77. The number of cyclic esters (lactones) is 1. The number of benzene rings is 2. The molecule has 0 aromatic heterocycles. The standard InChI is InChI=1S/C15H18F3NO5.C13H17ClN2O2/c1-22-9-12-8-19(14(21)24-12)10-2-4-11(5-3-10)23-7-6-13(20)15(16,17)18;14-12-3-1-11(2-4-12)13(17)15-5-6-16-7-9-18-10-8-16/h2-5,12-13,20H,6-9H2,1H3;1-4H,5-10H2,(H,15,17)/t12-,13-;/m1./s1. The maximum Gasteiger partial charge on any atom is 0.414 e. The lowest BCUT2D eigenvalue weighted by Crippen LogP contribution is -2.41. The Morgan fingerprint density at radius 2 is 1.81 bits per heavy atom. The van der Waals surface area contributed by atoms with Gasteiger partial charge in [-0.3, -0.25) is 14.6 Å². The first-order valence-electron chi connectivity index (χ1n) is 13.4. The molecule has 0 saturated carbocycles. The Kier molecular flexibility index (Phi) is 13.1. The number of methoxy groups -OCH3 is 1. The number of hydrogen-bond donors (Lipinski definition) is 2. The average Bonchev–Trinajstić information content (AvgIpc) is 3.34. The molecule has 2 saturated heterocycles. The van der Waals surface area contributed by atoms with Gasteiger partial charge in [0.25, 0.3) is 5.91 Å². The van der Waals surface area contributed by atoms with Gasteiger partial charge in [0.2, 0.25) is 0 Å². The molecule has 2 N–H and O–H groups in total. The number of nitrogens with zero attached hydrogens (tertiary/aromatic N) is 2. The average molecular weight is 618 g/mol. The number of alkyl halides is 3. The SMILES string of the molecule is COC[C@H]1CN(c2ccc(OCC[C@@H](O)C(F)(F)F)cc2)C(=O)O1.O=C(NCCN1CCOCC1)c1ccc(Cl)cc1. The third-order valence-electron chi connectivity index (χ3n) is 6.34. The zero-order valence-electron chi connectivity index (χ0n) is 23.1. The first-order chi connectivity index (χ1) is 20.1. The second-order valence-corrected chi connectivity index (χ2v) is 9.91. The molecular weight excluding hydrogens is 583 g/mol. The minimum Gasteiger partial charge on any atom is -0.493 e. The van der Waals surface area contributed by atoms with Crippen LogP contribution in [0, 0.1) is 0 Å². The molecule has 232 valence electrons. The predicted molar refractivity (Wildman–Crippen MR) is 149 cm³/mol. The van der Waals surface area contributed by atoms with Gasteiger partial charge in [0, 0.05) is 56.0 Å². The molecule has 2 aliphatic rings. The minimum atomic E-state index is -4.65. The van der Waals surface area contributed by atoms with Crippen LogP contribution in [-0.2, 0) is 14.2 Å². The number of morpholine rings is 1. The molecule has 2 amide bonds. The van der Waals surface area contributed by atoms with Crippen molar-refractivity contribution in [2.45, 2.75) is 24.8 Å². The Bertz CT molecular complexity index is 1120. The lowest BCUT2D eigenvalue weighted by molar-refractivity contribution is -0.206. The van der Waals surface area contributed by atoms with Crippen molar-refractivity contribution in [3.05, 3.63) is 59.1 Å². The van der Waals surface area contributed by atoms with Crippen molar-refractivity contribution in [1.82, 2.24) is 10.2 Å². The summed E-state index contributed by atoms with van der Waals surface area (Å²) < 4.78 is 57.0. The van der Waals surface area contributed by atoms with E-state index in [1.165, 1.54) is 24.1 Å². The van der Waals surface area contributed by atoms with Gasteiger partial charge < -0.3 is 29.4 Å². The fraction of sp³-hybridized carbons (Fsp3) is 0.500. The van der Waals surface area contributed by atoms with Crippen molar-refractivity contribution in [3.63, 3.8) is 0 Å². The van der Waals surface area contributed by atoms with E-state index < -0.39 is 24.8 Å². The van der Waals surface area contributed by atoms with Crippen LogP contribution in [0.15, 0.2) is 48.5 Å². The van der Waals surface area contributed by atoms with Crippen molar-refractivity contribution in [2.75, 3.05) is 71.2 Å². The molecule has 2 heterocycles. The summed E-state index contributed by atoms with van der Waals surface area (Å²) in [6.45, 7) is 5.34. The minimum absolute atomic E-state index is 0.0556. The number of amides is 2. The van der Waals surface area contributed by atoms with E-state index in [0.717, 1.165) is 32.8 Å². The molecule has 0 aliphatic carbocycles. The summed E-state index contributed by atoms with van der Waals surface area (Å²) in [6.07, 6.45) is -8.44. The molecule has 2 aromatic carbocycles. The van der Waals surface area contributed by atoms with Gasteiger partial charge in [-0.05, 0) is 48.5 Å². The number of nitrogens with one attached hydrogen (secondary N) is 1. The van der Waals surface area contributed by atoms with E-state index in [9.17, 15) is 22.8 Å². The summed E-state index contributed by atoms with van der Waals surface area (Å²) in [5, 5.41) is 12.4. The molecule has 2 atom stereocenters. The van der Waals surface area contributed by atoms with Crippen LogP contribution in [0.5, 0.6) is 5.75 Å². The van der Waals surface area contributed by atoms with Gasteiger partial charge in [-0.1, -0.05) is 11.6 Å². The number of ether oxygens (including phenoxy) is 4. The molecule has 0 unspecified atom stereocenters. The molecule has 2 fully saturated rings. The van der Waals surface area contributed by atoms with Crippen LogP contribution in [0.4, 0.5) is 23.7 Å². The number of hydrogen-bond acceptors (Lipinski definition) is 8. The molecule has 2 aromatic rings. The third kappa shape index (κ3) is 11.0. The summed E-state index contributed by atoms with van der Waals surface area (Å²) in [6, 6.07) is 13.2. The van der Waals surface area contributed by atoms with Crippen LogP contribution in [0.2, 0.25) is 5.02 Å². The highest BCUT2D eigenvalue weighted by molar-refractivity contribution is 6.30. The molecule has 42 heavy (non-hydrogen) atoms. The Morgan fingerprint density at radius 1 is 1.14 bits per heavy atom. The van der Waals surface area contributed by atoms with Crippen LogP contribution in [0.25, 0.3) is 0 Å². The predicted octanol–water partition coefficient (Wildman–Crippen LogP) is 3.75. The molecule has 0 bridgehead atoms. The highest BCUT2D eigenvalue weighted by atomic mass is 35.5.